The fourth-order valence-electron chi connectivity index (χ4n) is 0.982. The zero-order chi connectivity index (χ0) is 10.6. The Morgan fingerprint density at radius 2 is 2.43 bits per heavy atom. The molecule has 78 valence electrons. The SMILES string of the molecule is COCCCn1cnc(Cl)c(Br)c1=O. The number of nitrogens with zero attached hydrogens (tertiary/aromatic N) is 2. The van der Waals surface area contributed by atoms with Gasteiger partial charge in [-0.25, -0.2) is 4.98 Å². The zero-order valence-electron chi connectivity index (χ0n) is 7.67. The van der Waals surface area contributed by atoms with E-state index in [1.165, 1.54) is 10.9 Å². The Morgan fingerprint density at radius 1 is 1.71 bits per heavy atom. The van der Waals surface area contributed by atoms with Crippen LogP contribution in [0.5, 0.6) is 0 Å². The van der Waals surface area contributed by atoms with Crippen LogP contribution in [0.1, 0.15) is 6.42 Å². The fraction of sp³-hybridized carbons (Fsp3) is 0.500. The first kappa shape index (κ1) is 11.7. The summed E-state index contributed by atoms with van der Waals surface area (Å²) in [4.78, 5) is 15.4. The lowest BCUT2D eigenvalue weighted by Crippen LogP contribution is -2.22. The van der Waals surface area contributed by atoms with E-state index in [9.17, 15) is 4.79 Å². The highest BCUT2D eigenvalue weighted by Gasteiger charge is 2.05. The Morgan fingerprint density at radius 3 is 3.07 bits per heavy atom. The zero-order valence-corrected chi connectivity index (χ0v) is 10.0. The standard InChI is InChI=1S/C8H10BrClN2O2/c1-14-4-2-3-12-5-11-7(10)6(9)8(12)13/h5H,2-4H2,1H3. The molecule has 0 amide bonds. The molecule has 0 aliphatic rings. The second-order valence-corrected chi connectivity index (χ2v) is 3.85. The Labute approximate surface area is 95.0 Å². The van der Waals surface area contributed by atoms with Gasteiger partial charge < -0.3 is 4.74 Å². The molecule has 0 atom stereocenters. The van der Waals surface area contributed by atoms with Gasteiger partial charge in [-0.05, 0) is 22.4 Å². The van der Waals surface area contributed by atoms with Crippen LogP contribution in [0.15, 0.2) is 15.6 Å². The van der Waals surface area contributed by atoms with Crippen molar-refractivity contribution in [3.8, 4) is 0 Å². The van der Waals surface area contributed by atoms with E-state index in [1.807, 2.05) is 0 Å². The van der Waals surface area contributed by atoms with E-state index in [-0.39, 0.29) is 10.7 Å². The minimum absolute atomic E-state index is 0.166. The molecule has 6 heteroatoms. The summed E-state index contributed by atoms with van der Waals surface area (Å²) in [7, 11) is 1.62. The Hall–Kier alpha value is -0.390. The Kier molecular flexibility index (Phi) is 4.57. The molecule has 0 fully saturated rings. The highest BCUT2D eigenvalue weighted by atomic mass is 79.9. The minimum atomic E-state index is -0.166. The van der Waals surface area contributed by atoms with E-state index in [2.05, 4.69) is 20.9 Å². The molecule has 4 nitrogen and oxygen atoms in total. The lowest BCUT2D eigenvalue weighted by Gasteiger charge is -2.05. The lowest BCUT2D eigenvalue weighted by atomic mass is 10.4. The number of ether oxygens (including phenoxy) is 1. The first-order chi connectivity index (χ1) is 6.66. The molecule has 0 aliphatic heterocycles. The van der Waals surface area contributed by atoms with Crippen LogP contribution in [0.2, 0.25) is 5.15 Å². The molecule has 1 rings (SSSR count). The van der Waals surface area contributed by atoms with Crippen LogP contribution in [0.3, 0.4) is 0 Å². The monoisotopic (exact) mass is 280 g/mol. The van der Waals surface area contributed by atoms with Gasteiger partial charge in [-0.3, -0.25) is 9.36 Å². The van der Waals surface area contributed by atoms with Crippen molar-refractivity contribution < 1.29 is 4.74 Å². The van der Waals surface area contributed by atoms with E-state index in [4.69, 9.17) is 16.3 Å². The van der Waals surface area contributed by atoms with Crippen LogP contribution in [0, 0.1) is 0 Å². The first-order valence-corrected chi connectivity index (χ1v) is 5.23. The molecule has 0 radical (unpaired) electrons. The second kappa shape index (κ2) is 5.48. The van der Waals surface area contributed by atoms with Gasteiger partial charge in [0.15, 0.2) is 5.15 Å². The molecular weight excluding hydrogens is 271 g/mol. The van der Waals surface area contributed by atoms with E-state index in [0.717, 1.165) is 6.42 Å². The molecule has 1 heterocycles. The van der Waals surface area contributed by atoms with Crippen molar-refractivity contribution in [2.45, 2.75) is 13.0 Å². The summed E-state index contributed by atoms with van der Waals surface area (Å²) in [5, 5.41) is 0.193. The summed E-state index contributed by atoms with van der Waals surface area (Å²) in [5.74, 6) is 0. The largest absolute Gasteiger partial charge is 0.385 e. The molecule has 0 aliphatic carbocycles. The summed E-state index contributed by atoms with van der Waals surface area (Å²) in [6.45, 7) is 1.20. The normalized spacial score (nSPS) is 10.5. The third kappa shape index (κ3) is 2.80. The number of hydrogen-bond donors (Lipinski definition) is 0. The third-order valence-electron chi connectivity index (χ3n) is 1.69. The van der Waals surface area contributed by atoms with Gasteiger partial charge in [-0.15, -0.1) is 0 Å². The average molecular weight is 282 g/mol. The summed E-state index contributed by atoms with van der Waals surface area (Å²) in [5.41, 5.74) is -0.166. The predicted octanol–water partition coefficient (Wildman–Crippen LogP) is 1.70. The Balaban J connectivity index is 2.79. The van der Waals surface area contributed by atoms with Crippen LogP contribution in [-0.4, -0.2) is 23.3 Å². The van der Waals surface area contributed by atoms with E-state index < -0.39 is 0 Å². The van der Waals surface area contributed by atoms with Crippen molar-refractivity contribution in [1.82, 2.24) is 9.55 Å². The van der Waals surface area contributed by atoms with Crippen molar-refractivity contribution in [2.24, 2.45) is 0 Å². The summed E-state index contributed by atoms with van der Waals surface area (Å²) < 4.78 is 6.68. The molecular formula is C8H10BrClN2O2. The van der Waals surface area contributed by atoms with Gasteiger partial charge in [-0.1, -0.05) is 11.6 Å². The van der Waals surface area contributed by atoms with Gasteiger partial charge in [0.2, 0.25) is 0 Å². The maximum Gasteiger partial charge on any atom is 0.269 e. The number of aryl methyl sites for hydroxylation is 1. The molecule has 0 saturated carbocycles. The number of rotatable bonds is 4. The molecule has 0 aromatic carbocycles. The fourth-order valence-corrected chi connectivity index (χ4v) is 1.44. The predicted molar refractivity (Wildman–Crippen MR) is 57.7 cm³/mol. The van der Waals surface area contributed by atoms with Crippen molar-refractivity contribution in [2.75, 3.05) is 13.7 Å². The van der Waals surface area contributed by atoms with Crippen LogP contribution >= 0.6 is 27.5 Å². The molecule has 0 bridgehead atoms. The van der Waals surface area contributed by atoms with Crippen molar-refractivity contribution in [1.29, 1.82) is 0 Å². The third-order valence-corrected chi connectivity index (χ3v) is 2.92. The highest BCUT2D eigenvalue weighted by Crippen LogP contribution is 2.13. The molecule has 0 spiro atoms. The lowest BCUT2D eigenvalue weighted by molar-refractivity contribution is 0.190. The Bertz CT molecular complexity index is 367. The van der Waals surface area contributed by atoms with Crippen molar-refractivity contribution in [3.05, 3.63) is 26.3 Å². The second-order valence-electron chi connectivity index (χ2n) is 2.69. The van der Waals surface area contributed by atoms with Gasteiger partial charge in [0, 0.05) is 20.3 Å². The maximum atomic E-state index is 11.5. The molecule has 1 aromatic heterocycles. The van der Waals surface area contributed by atoms with Crippen molar-refractivity contribution in [3.63, 3.8) is 0 Å². The molecule has 0 unspecified atom stereocenters. The quantitative estimate of drug-likeness (QED) is 0.623. The van der Waals surface area contributed by atoms with Crippen LogP contribution < -0.4 is 5.56 Å². The van der Waals surface area contributed by atoms with E-state index >= 15 is 0 Å². The van der Waals surface area contributed by atoms with Gasteiger partial charge in [-0.2, -0.15) is 0 Å². The summed E-state index contributed by atoms with van der Waals surface area (Å²) in [6.07, 6.45) is 2.21. The van der Waals surface area contributed by atoms with E-state index in [1.54, 1.807) is 7.11 Å². The number of methoxy groups -OCH3 is 1. The molecule has 14 heavy (non-hydrogen) atoms. The van der Waals surface area contributed by atoms with Gasteiger partial charge >= 0.3 is 0 Å². The number of halogens is 2. The molecule has 1 aromatic rings. The topological polar surface area (TPSA) is 44.1 Å². The smallest absolute Gasteiger partial charge is 0.269 e. The number of hydrogen-bond acceptors (Lipinski definition) is 3. The van der Waals surface area contributed by atoms with Gasteiger partial charge in [0.1, 0.15) is 4.47 Å². The molecule has 0 saturated heterocycles. The summed E-state index contributed by atoms with van der Waals surface area (Å²) >= 11 is 8.73. The summed E-state index contributed by atoms with van der Waals surface area (Å²) in [6, 6.07) is 0. The van der Waals surface area contributed by atoms with Gasteiger partial charge in [0.25, 0.3) is 5.56 Å². The van der Waals surface area contributed by atoms with Crippen molar-refractivity contribution >= 4 is 27.5 Å². The average Bonchev–Trinajstić information content (AvgIpc) is 2.18. The van der Waals surface area contributed by atoms with Crippen LogP contribution in [0.4, 0.5) is 0 Å². The van der Waals surface area contributed by atoms with Gasteiger partial charge in [0.05, 0.1) is 6.33 Å². The van der Waals surface area contributed by atoms with E-state index in [0.29, 0.717) is 17.6 Å². The minimum Gasteiger partial charge on any atom is -0.385 e. The molecule has 0 N–H and O–H groups in total. The number of aromatic nitrogens is 2. The first-order valence-electron chi connectivity index (χ1n) is 4.06. The maximum absolute atomic E-state index is 11.5. The highest BCUT2D eigenvalue weighted by molar-refractivity contribution is 9.10. The van der Waals surface area contributed by atoms with Crippen LogP contribution in [0.25, 0.3) is 0 Å². The van der Waals surface area contributed by atoms with Crippen LogP contribution in [-0.2, 0) is 11.3 Å².